The standard InChI is InChI=1S/C22H28N2O/c1-3-18-8-12-21(13-9-18)23-22(25)20-10-6-19(7-11-20)16-24-14-4-5-17(2)15-24/h6-13,17H,3-5,14-16H2,1-2H3,(H,23,25)/t17-/m0/s1. The minimum Gasteiger partial charge on any atom is -0.322 e. The number of hydrogen-bond acceptors (Lipinski definition) is 2. The molecule has 2 aromatic carbocycles. The van der Waals surface area contributed by atoms with Crippen molar-refractivity contribution in [3.8, 4) is 0 Å². The number of piperidine rings is 1. The lowest BCUT2D eigenvalue weighted by Crippen LogP contribution is -2.33. The summed E-state index contributed by atoms with van der Waals surface area (Å²) in [6, 6.07) is 16.0. The summed E-state index contributed by atoms with van der Waals surface area (Å²) >= 11 is 0. The molecule has 0 bridgehead atoms. The maximum Gasteiger partial charge on any atom is 0.255 e. The molecular weight excluding hydrogens is 308 g/mol. The molecule has 1 heterocycles. The highest BCUT2D eigenvalue weighted by Gasteiger charge is 2.16. The summed E-state index contributed by atoms with van der Waals surface area (Å²) in [6.45, 7) is 7.79. The van der Waals surface area contributed by atoms with Gasteiger partial charge in [0.1, 0.15) is 0 Å². The summed E-state index contributed by atoms with van der Waals surface area (Å²) < 4.78 is 0. The van der Waals surface area contributed by atoms with Crippen LogP contribution in [-0.2, 0) is 13.0 Å². The molecule has 1 atom stereocenters. The smallest absolute Gasteiger partial charge is 0.255 e. The Morgan fingerprint density at radius 3 is 2.40 bits per heavy atom. The minimum absolute atomic E-state index is 0.0533. The van der Waals surface area contributed by atoms with E-state index >= 15 is 0 Å². The van der Waals surface area contributed by atoms with E-state index in [1.807, 2.05) is 24.3 Å². The predicted octanol–water partition coefficient (Wildman–Crippen LogP) is 4.73. The maximum absolute atomic E-state index is 12.4. The third kappa shape index (κ3) is 4.93. The zero-order chi connectivity index (χ0) is 17.6. The van der Waals surface area contributed by atoms with Crippen molar-refractivity contribution in [2.75, 3.05) is 18.4 Å². The number of likely N-dealkylation sites (tertiary alicyclic amines) is 1. The highest BCUT2D eigenvalue weighted by Crippen LogP contribution is 2.18. The molecule has 1 amide bonds. The molecule has 1 aliphatic heterocycles. The van der Waals surface area contributed by atoms with Gasteiger partial charge in [0, 0.05) is 24.3 Å². The van der Waals surface area contributed by atoms with Gasteiger partial charge >= 0.3 is 0 Å². The van der Waals surface area contributed by atoms with Crippen LogP contribution in [0.5, 0.6) is 0 Å². The van der Waals surface area contributed by atoms with E-state index in [2.05, 4.69) is 48.3 Å². The summed E-state index contributed by atoms with van der Waals surface area (Å²) in [5.74, 6) is 0.736. The molecule has 0 spiro atoms. The van der Waals surface area contributed by atoms with E-state index in [-0.39, 0.29) is 5.91 Å². The third-order valence-electron chi connectivity index (χ3n) is 4.98. The molecule has 0 aromatic heterocycles. The average molecular weight is 336 g/mol. The lowest BCUT2D eigenvalue weighted by Gasteiger charge is -2.30. The number of anilines is 1. The summed E-state index contributed by atoms with van der Waals surface area (Å²) in [6.07, 6.45) is 3.64. The Morgan fingerprint density at radius 1 is 1.08 bits per heavy atom. The molecule has 3 heteroatoms. The molecule has 1 saturated heterocycles. The summed E-state index contributed by atoms with van der Waals surface area (Å²) in [5, 5.41) is 2.97. The SMILES string of the molecule is CCc1ccc(NC(=O)c2ccc(CN3CCC[C@H](C)C3)cc2)cc1. The van der Waals surface area contributed by atoms with Gasteiger partial charge in [-0.2, -0.15) is 0 Å². The minimum atomic E-state index is -0.0533. The first kappa shape index (κ1) is 17.7. The van der Waals surface area contributed by atoms with Gasteiger partial charge in [-0.1, -0.05) is 38.1 Å². The van der Waals surface area contributed by atoms with Crippen LogP contribution in [0.3, 0.4) is 0 Å². The second kappa shape index (κ2) is 8.30. The van der Waals surface area contributed by atoms with Crippen molar-refractivity contribution in [1.29, 1.82) is 0 Å². The van der Waals surface area contributed by atoms with Crippen LogP contribution in [-0.4, -0.2) is 23.9 Å². The zero-order valence-corrected chi connectivity index (χ0v) is 15.3. The van der Waals surface area contributed by atoms with Gasteiger partial charge in [-0.15, -0.1) is 0 Å². The summed E-state index contributed by atoms with van der Waals surface area (Å²) in [4.78, 5) is 14.9. The van der Waals surface area contributed by atoms with Crippen molar-refractivity contribution in [2.24, 2.45) is 5.92 Å². The number of nitrogens with zero attached hydrogens (tertiary/aromatic N) is 1. The van der Waals surface area contributed by atoms with Gasteiger partial charge < -0.3 is 5.32 Å². The lowest BCUT2D eigenvalue weighted by atomic mass is 9.99. The second-order valence-corrected chi connectivity index (χ2v) is 7.18. The number of hydrogen-bond donors (Lipinski definition) is 1. The van der Waals surface area contributed by atoms with E-state index in [1.165, 1.54) is 37.1 Å². The van der Waals surface area contributed by atoms with Gasteiger partial charge in [-0.05, 0) is 67.1 Å². The largest absolute Gasteiger partial charge is 0.322 e. The van der Waals surface area contributed by atoms with Crippen LogP contribution in [0.25, 0.3) is 0 Å². The molecule has 1 N–H and O–H groups in total. The molecule has 132 valence electrons. The number of rotatable bonds is 5. The van der Waals surface area contributed by atoms with Crippen LogP contribution < -0.4 is 5.32 Å². The van der Waals surface area contributed by atoms with Gasteiger partial charge in [0.15, 0.2) is 0 Å². The Labute approximate surface area is 151 Å². The molecule has 25 heavy (non-hydrogen) atoms. The fraction of sp³-hybridized carbons (Fsp3) is 0.409. The van der Waals surface area contributed by atoms with E-state index < -0.39 is 0 Å². The van der Waals surface area contributed by atoms with Gasteiger partial charge in [0.05, 0.1) is 0 Å². The molecule has 0 radical (unpaired) electrons. The van der Waals surface area contributed by atoms with Crippen molar-refractivity contribution < 1.29 is 4.79 Å². The van der Waals surface area contributed by atoms with E-state index in [4.69, 9.17) is 0 Å². The Bertz CT molecular complexity index is 691. The third-order valence-corrected chi connectivity index (χ3v) is 4.98. The van der Waals surface area contributed by atoms with Gasteiger partial charge in [-0.3, -0.25) is 9.69 Å². The molecule has 0 aliphatic carbocycles. The highest BCUT2D eigenvalue weighted by molar-refractivity contribution is 6.04. The van der Waals surface area contributed by atoms with Crippen molar-refractivity contribution in [1.82, 2.24) is 4.90 Å². The van der Waals surface area contributed by atoms with Crippen molar-refractivity contribution in [2.45, 2.75) is 39.7 Å². The van der Waals surface area contributed by atoms with Gasteiger partial charge in [-0.25, -0.2) is 0 Å². The average Bonchev–Trinajstić information content (AvgIpc) is 2.63. The first-order valence-corrected chi connectivity index (χ1v) is 9.35. The van der Waals surface area contributed by atoms with E-state index in [9.17, 15) is 4.79 Å². The highest BCUT2D eigenvalue weighted by atomic mass is 16.1. The Kier molecular flexibility index (Phi) is 5.87. The maximum atomic E-state index is 12.4. The second-order valence-electron chi connectivity index (χ2n) is 7.18. The zero-order valence-electron chi connectivity index (χ0n) is 15.3. The van der Waals surface area contributed by atoms with E-state index in [0.29, 0.717) is 5.56 Å². The Hall–Kier alpha value is -2.13. The molecule has 0 saturated carbocycles. The number of carbonyl (C=O) groups excluding carboxylic acids is 1. The number of nitrogens with one attached hydrogen (secondary N) is 1. The molecule has 3 nitrogen and oxygen atoms in total. The molecule has 1 aliphatic rings. The monoisotopic (exact) mass is 336 g/mol. The quantitative estimate of drug-likeness (QED) is 0.856. The normalized spacial score (nSPS) is 18.1. The van der Waals surface area contributed by atoms with E-state index in [1.54, 1.807) is 0 Å². The molecule has 2 aromatic rings. The Morgan fingerprint density at radius 2 is 1.76 bits per heavy atom. The number of aryl methyl sites for hydroxylation is 1. The van der Waals surface area contributed by atoms with Crippen LogP contribution in [0.2, 0.25) is 0 Å². The van der Waals surface area contributed by atoms with Crippen molar-refractivity contribution >= 4 is 11.6 Å². The first-order chi connectivity index (χ1) is 12.1. The fourth-order valence-electron chi connectivity index (χ4n) is 3.48. The van der Waals surface area contributed by atoms with Crippen LogP contribution in [0.15, 0.2) is 48.5 Å². The molecular formula is C22H28N2O. The number of amides is 1. The number of benzene rings is 2. The molecule has 1 fully saturated rings. The fourth-order valence-corrected chi connectivity index (χ4v) is 3.48. The summed E-state index contributed by atoms with van der Waals surface area (Å²) in [5.41, 5.74) is 4.09. The van der Waals surface area contributed by atoms with Crippen molar-refractivity contribution in [3.63, 3.8) is 0 Å². The van der Waals surface area contributed by atoms with Crippen molar-refractivity contribution in [3.05, 3.63) is 65.2 Å². The van der Waals surface area contributed by atoms with E-state index in [0.717, 1.165) is 24.6 Å². The first-order valence-electron chi connectivity index (χ1n) is 9.35. The number of carbonyl (C=O) groups is 1. The molecule has 0 unspecified atom stereocenters. The van der Waals surface area contributed by atoms with Crippen LogP contribution in [0, 0.1) is 5.92 Å². The van der Waals surface area contributed by atoms with Crippen LogP contribution >= 0.6 is 0 Å². The topological polar surface area (TPSA) is 32.3 Å². The van der Waals surface area contributed by atoms with Crippen LogP contribution in [0.4, 0.5) is 5.69 Å². The van der Waals surface area contributed by atoms with Crippen LogP contribution in [0.1, 0.15) is 48.2 Å². The molecule has 3 rings (SSSR count). The predicted molar refractivity (Wildman–Crippen MR) is 104 cm³/mol. The summed E-state index contributed by atoms with van der Waals surface area (Å²) in [7, 11) is 0. The van der Waals surface area contributed by atoms with Gasteiger partial charge in [0.2, 0.25) is 0 Å². The lowest BCUT2D eigenvalue weighted by molar-refractivity contribution is 0.102. The Balaban J connectivity index is 1.58. The van der Waals surface area contributed by atoms with Gasteiger partial charge in [0.25, 0.3) is 5.91 Å².